The van der Waals surface area contributed by atoms with E-state index in [0.717, 1.165) is 11.1 Å². The molecular weight excluding hydrogens is 300 g/mol. The van der Waals surface area contributed by atoms with Crippen molar-refractivity contribution in [2.75, 3.05) is 13.6 Å². The van der Waals surface area contributed by atoms with Gasteiger partial charge >= 0.3 is 6.03 Å². The normalized spacial score (nSPS) is 12.5. The van der Waals surface area contributed by atoms with Gasteiger partial charge in [0.1, 0.15) is 0 Å². The van der Waals surface area contributed by atoms with E-state index >= 15 is 0 Å². The Labute approximate surface area is 144 Å². The number of carbonyl (C=O) groups is 1. The van der Waals surface area contributed by atoms with Crippen molar-refractivity contribution in [3.05, 3.63) is 71.8 Å². The molecule has 0 saturated carbocycles. The van der Waals surface area contributed by atoms with Gasteiger partial charge in [0.2, 0.25) is 0 Å². The molecule has 0 aliphatic carbocycles. The largest absolute Gasteiger partial charge is 0.389 e. The van der Waals surface area contributed by atoms with E-state index in [1.165, 1.54) is 4.90 Å². The van der Waals surface area contributed by atoms with Crippen LogP contribution >= 0.6 is 0 Å². The lowest BCUT2D eigenvalue weighted by atomic mass is 9.99. The van der Waals surface area contributed by atoms with Crippen LogP contribution in [0.25, 0.3) is 0 Å². The van der Waals surface area contributed by atoms with E-state index in [9.17, 15) is 9.90 Å². The molecule has 24 heavy (non-hydrogen) atoms. The average molecular weight is 326 g/mol. The summed E-state index contributed by atoms with van der Waals surface area (Å²) in [6.45, 7) is 3.65. The van der Waals surface area contributed by atoms with Crippen molar-refractivity contribution in [1.29, 1.82) is 0 Å². The molecule has 0 heterocycles. The number of nitrogens with zero attached hydrogens (tertiary/aromatic N) is 1. The Hall–Kier alpha value is -2.33. The van der Waals surface area contributed by atoms with E-state index in [-0.39, 0.29) is 18.6 Å². The van der Waals surface area contributed by atoms with Crippen LogP contribution < -0.4 is 5.32 Å². The fourth-order valence-corrected chi connectivity index (χ4v) is 2.70. The number of benzene rings is 2. The Morgan fingerprint density at radius 3 is 2.17 bits per heavy atom. The third kappa shape index (κ3) is 5.70. The quantitative estimate of drug-likeness (QED) is 0.855. The highest BCUT2D eigenvalue weighted by Crippen LogP contribution is 2.19. The Balaban J connectivity index is 2.13. The molecule has 0 aliphatic rings. The zero-order valence-electron chi connectivity index (χ0n) is 14.6. The van der Waals surface area contributed by atoms with Crippen molar-refractivity contribution in [2.24, 2.45) is 0 Å². The van der Waals surface area contributed by atoms with Crippen LogP contribution in [0.5, 0.6) is 0 Å². The molecule has 4 heteroatoms. The lowest BCUT2D eigenvalue weighted by Gasteiger charge is -2.28. The molecule has 128 valence electrons. The molecule has 2 rings (SSSR count). The van der Waals surface area contributed by atoms with Crippen LogP contribution in [0.4, 0.5) is 4.79 Å². The smallest absolute Gasteiger partial charge is 0.317 e. The summed E-state index contributed by atoms with van der Waals surface area (Å²) in [4.78, 5) is 14.0. The van der Waals surface area contributed by atoms with Crippen LogP contribution in [-0.2, 0) is 6.42 Å². The number of urea groups is 1. The standard InChI is InChI=1S/C20H26N2O2/c1-20(2,24)15-22(3)19(23)21-18(17-12-8-5-9-13-17)14-16-10-6-4-7-11-16/h4-13,18,24H,14-15H2,1-3H3,(H,21,23). The summed E-state index contributed by atoms with van der Waals surface area (Å²) in [7, 11) is 1.69. The molecule has 2 aromatic rings. The van der Waals surface area contributed by atoms with Crippen LogP contribution in [0, 0.1) is 0 Å². The number of nitrogens with one attached hydrogen (secondary N) is 1. The molecule has 2 N–H and O–H groups in total. The van der Waals surface area contributed by atoms with Gasteiger partial charge in [0.05, 0.1) is 18.2 Å². The Morgan fingerprint density at radius 2 is 1.62 bits per heavy atom. The first-order chi connectivity index (χ1) is 11.3. The van der Waals surface area contributed by atoms with Gasteiger partial charge in [0, 0.05) is 7.05 Å². The maximum atomic E-state index is 12.5. The third-order valence-corrected chi connectivity index (χ3v) is 3.75. The molecule has 1 atom stereocenters. The monoisotopic (exact) mass is 326 g/mol. The van der Waals surface area contributed by atoms with Crippen LogP contribution in [-0.4, -0.2) is 35.2 Å². The third-order valence-electron chi connectivity index (χ3n) is 3.75. The fourth-order valence-electron chi connectivity index (χ4n) is 2.70. The summed E-state index contributed by atoms with van der Waals surface area (Å²) in [5, 5.41) is 13.0. The minimum Gasteiger partial charge on any atom is -0.389 e. The number of hydrogen-bond acceptors (Lipinski definition) is 2. The van der Waals surface area contributed by atoms with Crippen molar-refractivity contribution in [3.8, 4) is 0 Å². The predicted molar refractivity (Wildman–Crippen MR) is 96.8 cm³/mol. The molecule has 0 fully saturated rings. The SMILES string of the molecule is CN(CC(C)(C)O)C(=O)NC(Cc1ccccc1)c1ccccc1. The van der Waals surface area contributed by atoms with E-state index in [0.29, 0.717) is 6.42 Å². The van der Waals surface area contributed by atoms with Gasteiger partial charge in [-0.2, -0.15) is 0 Å². The van der Waals surface area contributed by atoms with Crippen molar-refractivity contribution >= 4 is 6.03 Å². The molecule has 1 unspecified atom stereocenters. The summed E-state index contributed by atoms with van der Waals surface area (Å²) < 4.78 is 0. The van der Waals surface area contributed by atoms with Gasteiger partial charge in [-0.25, -0.2) is 4.79 Å². The van der Waals surface area contributed by atoms with Gasteiger partial charge in [0.25, 0.3) is 0 Å². The van der Waals surface area contributed by atoms with Crippen molar-refractivity contribution in [1.82, 2.24) is 10.2 Å². The highest BCUT2D eigenvalue weighted by molar-refractivity contribution is 5.74. The van der Waals surface area contributed by atoms with Crippen LogP contribution in [0.3, 0.4) is 0 Å². The molecule has 2 amide bonds. The first-order valence-corrected chi connectivity index (χ1v) is 8.18. The van der Waals surface area contributed by atoms with Gasteiger partial charge in [-0.15, -0.1) is 0 Å². The van der Waals surface area contributed by atoms with Crippen molar-refractivity contribution in [2.45, 2.75) is 31.9 Å². The zero-order chi connectivity index (χ0) is 17.6. The molecule has 0 spiro atoms. The summed E-state index contributed by atoms with van der Waals surface area (Å²) >= 11 is 0. The highest BCUT2D eigenvalue weighted by atomic mass is 16.3. The summed E-state index contributed by atoms with van der Waals surface area (Å²) in [6.07, 6.45) is 0.715. The minimum absolute atomic E-state index is 0.120. The van der Waals surface area contributed by atoms with Gasteiger partial charge < -0.3 is 15.3 Å². The first kappa shape index (κ1) is 18.0. The van der Waals surface area contributed by atoms with Gasteiger partial charge in [-0.3, -0.25) is 0 Å². The molecule has 4 nitrogen and oxygen atoms in total. The number of hydrogen-bond donors (Lipinski definition) is 2. The van der Waals surface area contributed by atoms with Crippen LogP contribution in [0.1, 0.15) is 31.0 Å². The topological polar surface area (TPSA) is 52.6 Å². The van der Waals surface area contributed by atoms with Crippen molar-refractivity contribution in [3.63, 3.8) is 0 Å². The number of rotatable bonds is 6. The Morgan fingerprint density at radius 1 is 1.08 bits per heavy atom. The number of aliphatic hydroxyl groups is 1. The first-order valence-electron chi connectivity index (χ1n) is 8.18. The zero-order valence-corrected chi connectivity index (χ0v) is 14.6. The number of likely N-dealkylation sites (N-methyl/N-ethyl adjacent to an activating group) is 1. The maximum absolute atomic E-state index is 12.5. The minimum atomic E-state index is -0.923. The van der Waals surface area contributed by atoms with E-state index in [2.05, 4.69) is 17.4 Å². The van der Waals surface area contributed by atoms with Gasteiger partial charge in [-0.05, 0) is 31.4 Å². The summed E-state index contributed by atoms with van der Waals surface area (Å²) in [6, 6.07) is 19.7. The summed E-state index contributed by atoms with van der Waals surface area (Å²) in [5.74, 6) is 0. The number of carbonyl (C=O) groups excluding carboxylic acids is 1. The van der Waals surface area contributed by atoms with Gasteiger partial charge in [-0.1, -0.05) is 60.7 Å². The predicted octanol–water partition coefficient (Wildman–Crippen LogP) is 3.38. The molecule has 0 saturated heterocycles. The van der Waals surface area contributed by atoms with Gasteiger partial charge in [0.15, 0.2) is 0 Å². The molecule has 0 aromatic heterocycles. The molecule has 0 aliphatic heterocycles. The van der Waals surface area contributed by atoms with E-state index < -0.39 is 5.60 Å². The van der Waals surface area contributed by atoms with Crippen LogP contribution in [0.2, 0.25) is 0 Å². The van der Waals surface area contributed by atoms with E-state index in [1.807, 2.05) is 48.5 Å². The lowest BCUT2D eigenvalue weighted by molar-refractivity contribution is 0.0527. The fraction of sp³-hybridized carbons (Fsp3) is 0.350. The second kappa shape index (κ2) is 7.97. The second-order valence-electron chi connectivity index (χ2n) is 6.77. The van der Waals surface area contributed by atoms with E-state index in [4.69, 9.17) is 0 Å². The van der Waals surface area contributed by atoms with E-state index in [1.54, 1.807) is 20.9 Å². The number of amides is 2. The Kier molecular flexibility index (Phi) is 5.99. The highest BCUT2D eigenvalue weighted by Gasteiger charge is 2.22. The van der Waals surface area contributed by atoms with Crippen molar-refractivity contribution < 1.29 is 9.90 Å². The molecule has 2 aromatic carbocycles. The lowest BCUT2D eigenvalue weighted by Crippen LogP contribution is -2.45. The molecular formula is C20H26N2O2. The molecule has 0 radical (unpaired) electrons. The molecule has 0 bridgehead atoms. The Bertz CT molecular complexity index is 636. The second-order valence-corrected chi connectivity index (χ2v) is 6.77. The average Bonchev–Trinajstić information content (AvgIpc) is 2.54. The maximum Gasteiger partial charge on any atom is 0.317 e. The summed E-state index contributed by atoms with van der Waals surface area (Å²) in [5.41, 5.74) is 1.30. The van der Waals surface area contributed by atoms with Crippen LogP contribution in [0.15, 0.2) is 60.7 Å².